The minimum atomic E-state index is 0.176. The Labute approximate surface area is 80.4 Å². The lowest BCUT2D eigenvalue weighted by Crippen LogP contribution is -2.35. The first kappa shape index (κ1) is 10.2. The summed E-state index contributed by atoms with van der Waals surface area (Å²) in [5.74, 6) is 0. The zero-order valence-electron chi connectivity index (χ0n) is 8.89. The van der Waals surface area contributed by atoms with E-state index in [1.807, 2.05) is 12.4 Å². The molecule has 2 heteroatoms. The second-order valence-electron chi connectivity index (χ2n) is 4.41. The highest BCUT2D eigenvalue weighted by molar-refractivity contribution is 5.21. The zero-order chi connectivity index (χ0) is 9.90. The number of hydrogen-bond acceptors (Lipinski definition) is 2. The summed E-state index contributed by atoms with van der Waals surface area (Å²) in [7, 11) is 0. The highest BCUT2D eigenvalue weighted by Crippen LogP contribution is 2.07. The lowest BCUT2D eigenvalue weighted by atomic mass is 10.1. The van der Waals surface area contributed by atoms with Gasteiger partial charge in [-0.3, -0.25) is 4.98 Å². The van der Waals surface area contributed by atoms with Gasteiger partial charge in [-0.1, -0.05) is 0 Å². The first-order valence-corrected chi connectivity index (χ1v) is 4.63. The van der Waals surface area contributed by atoms with Crippen molar-refractivity contribution >= 4 is 0 Å². The van der Waals surface area contributed by atoms with Crippen molar-refractivity contribution in [3.63, 3.8) is 0 Å². The average molecular weight is 178 g/mol. The first-order chi connectivity index (χ1) is 5.99. The summed E-state index contributed by atoms with van der Waals surface area (Å²) in [6.07, 6.45) is 3.74. The molecule has 72 valence electrons. The Morgan fingerprint density at radius 2 is 2.08 bits per heavy atom. The number of nitrogens with one attached hydrogen (secondary N) is 1. The third-order valence-electron chi connectivity index (χ3n) is 1.95. The van der Waals surface area contributed by atoms with Crippen molar-refractivity contribution in [3.8, 4) is 0 Å². The molecule has 0 aromatic carbocycles. The quantitative estimate of drug-likeness (QED) is 0.751. The van der Waals surface area contributed by atoms with Crippen LogP contribution in [0.3, 0.4) is 0 Å². The van der Waals surface area contributed by atoms with E-state index in [0.717, 1.165) is 6.54 Å². The predicted octanol–water partition coefficient (Wildman–Crippen LogP) is 2.28. The molecular weight excluding hydrogens is 160 g/mol. The molecule has 1 aromatic rings. The van der Waals surface area contributed by atoms with Crippen LogP contribution in [0, 0.1) is 6.92 Å². The number of rotatable bonds is 2. The minimum Gasteiger partial charge on any atom is -0.308 e. The van der Waals surface area contributed by atoms with E-state index in [1.54, 1.807) is 0 Å². The molecule has 2 nitrogen and oxygen atoms in total. The second kappa shape index (κ2) is 3.88. The number of hydrogen-bond donors (Lipinski definition) is 1. The number of aromatic nitrogens is 1. The van der Waals surface area contributed by atoms with E-state index in [1.165, 1.54) is 11.1 Å². The molecule has 0 atom stereocenters. The van der Waals surface area contributed by atoms with E-state index in [2.05, 4.69) is 44.1 Å². The van der Waals surface area contributed by atoms with Gasteiger partial charge >= 0.3 is 0 Å². The van der Waals surface area contributed by atoms with E-state index in [9.17, 15) is 0 Å². The molecule has 1 N–H and O–H groups in total. The van der Waals surface area contributed by atoms with E-state index < -0.39 is 0 Å². The standard InChI is InChI=1S/C11H18N2/c1-9-7-12-6-5-10(9)8-13-11(2,3)4/h5-7,13H,8H2,1-4H3. The SMILES string of the molecule is Cc1cnccc1CNC(C)(C)C. The van der Waals surface area contributed by atoms with Crippen molar-refractivity contribution < 1.29 is 0 Å². The summed E-state index contributed by atoms with van der Waals surface area (Å²) < 4.78 is 0. The molecule has 1 rings (SSSR count). The number of pyridine rings is 1. The van der Waals surface area contributed by atoms with Crippen molar-refractivity contribution in [1.82, 2.24) is 10.3 Å². The Morgan fingerprint density at radius 3 is 2.62 bits per heavy atom. The fourth-order valence-electron chi connectivity index (χ4n) is 1.06. The van der Waals surface area contributed by atoms with E-state index in [4.69, 9.17) is 0 Å². The molecule has 0 spiro atoms. The maximum absolute atomic E-state index is 4.06. The molecular formula is C11H18N2. The van der Waals surface area contributed by atoms with Gasteiger partial charge in [-0.2, -0.15) is 0 Å². The number of nitrogens with zero attached hydrogens (tertiary/aromatic N) is 1. The van der Waals surface area contributed by atoms with Crippen LogP contribution in [-0.2, 0) is 6.54 Å². The monoisotopic (exact) mass is 178 g/mol. The molecule has 0 bridgehead atoms. The normalized spacial score (nSPS) is 11.7. The number of aryl methyl sites for hydroxylation is 1. The molecule has 0 aliphatic rings. The van der Waals surface area contributed by atoms with Crippen molar-refractivity contribution in [2.75, 3.05) is 0 Å². The van der Waals surface area contributed by atoms with E-state index in [-0.39, 0.29) is 5.54 Å². The van der Waals surface area contributed by atoms with Crippen LogP contribution in [0.5, 0.6) is 0 Å². The lowest BCUT2D eigenvalue weighted by molar-refractivity contribution is 0.423. The molecule has 0 saturated heterocycles. The van der Waals surface area contributed by atoms with E-state index in [0.29, 0.717) is 0 Å². The minimum absolute atomic E-state index is 0.176. The van der Waals surface area contributed by atoms with E-state index >= 15 is 0 Å². The lowest BCUT2D eigenvalue weighted by Gasteiger charge is -2.21. The highest BCUT2D eigenvalue weighted by Gasteiger charge is 2.08. The highest BCUT2D eigenvalue weighted by atomic mass is 14.9. The van der Waals surface area contributed by atoms with Crippen LogP contribution in [0.25, 0.3) is 0 Å². The van der Waals surface area contributed by atoms with Gasteiger partial charge in [0, 0.05) is 24.5 Å². The molecule has 0 aliphatic heterocycles. The molecule has 1 heterocycles. The van der Waals surface area contributed by atoms with Crippen LogP contribution in [0.15, 0.2) is 18.5 Å². The topological polar surface area (TPSA) is 24.9 Å². The van der Waals surface area contributed by atoms with Gasteiger partial charge in [0.25, 0.3) is 0 Å². The van der Waals surface area contributed by atoms with Gasteiger partial charge in [0.15, 0.2) is 0 Å². The molecule has 1 aromatic heterocycles. The van der Waals surface area contributed by atoms with Crippen LogP contribution in [0.4, 0.5) is 0 Å². The third-order valence-corrected chi connectivity index (χ3v) is 1.95. The van der Waals surface area contributed by atoms with Crippen molar-refractivity contribution in [1.29, 1.82) is 0 Å². The van der Waals surface area contributed by atoms with Gasteiger partial charge < -0.3 is 5.32 Å². The largest absolute Gasteiger partial charge is 0.308 e. The van der Waals surface area contributed by atoms with Crippen LogP contribution in [0.2, 0.25) is 0 Å². The molecule has 0 unspecified atom stereocenters. The van der Waals surface area contributed by atoms with Gasteiger partial charge in [0.2, 0.25) is 0 Å². The van der Waals surface area contributed by atoms with Crippen molar-refractivity contribution in [2.45, 2.75) is 39.8 Å². The molecule has 0 saturated carbocycles. The van der Waals surface area contributed by atoms with Crippen LogP contribution in [-0.4, -0.2) is 10.5 Å². The maximum atomic E-state index is 4.06. The van der Waals surface area contributed by atoms with Gasteiger partial charge in [-0.15, -0.1) is 0 Å². The summed E-state index contributed by atoms with van der Waals surface area (Å²) in [6.45, 7) is 9.51. The van der Waals surface area contributed by atoms with Crippen molar-refractivity contribution in [2.24, 2.45) is 0 Å². The average Bonchev–Trinajstić information content (AvgIpc) is 2.01. The summed E-state index contributed by atoms with van der Waals surface area (Å²) in [5, 5.41) is 3.45. The van der Waals surface area contributed by atoms with Gasteiger partial charge in [-0.25, -0.2) is 0 Å². The van der Waals surface area contributed by atoms with Crippen LogP contribution in [0.1, 0.15) is 31.9 Å². The van der Waals surface area contributed by atoms with Crippen molar-refractivity contribution in [3.05, 3.63) is 29.6 Å². The van der Waals surface area contributed by atoms with Crippen LogP contribution >= 0.6 is 0 Å². The fourth-order valence-corrected chi connectivity index (χ4v) is 1.06. The Balaban J connectivity index is 2.60. The maximum Gasteiger partial charge on any atom is 0.0300 e. The summed E-state index contributed by atoms with van der Waals surface area (Å²) in [4.78, 5) is 4.06. The summed E-state index contributed by atoms with van der Waals surface area (Å²) >= 11 is 0. The van der Waals surface area contributed by atoms with Gasteiger partial charge in [0.05, 0.1) is 0 Å². The summed E-state index contributed by atoms with van der Waals surface area (Å²) in [5.41, 5.74) is 2.75. The Hall–Kier alpha value is -0.890. The Morgan fingerprint density at radius 1 is 1.38 bits per heavy atom. The Kier molecular flexibility index (Phi) is 3.04. The third kappa shape index (κ3) is 3.55. The smallest absolute Gasteiger partial charge is 0.0300 e. The molecule has 0 fully saturated rings. The predicted molar refractivity (Wildman–Crippen MR) is 55.6 cm³/mol. The fraction of sp³-hybridized carbons (Fsp3) is 0.545. The Bertz CT molecular complexity index is 274. The molecule has 0 aliphatic carbocycles. The van der Waals surface area contributed by atoms with Gasteiger partial charge in [0.1, 0.15) is 0 Å². The first-order valence-electron chi connectivity index (χ1n) is 4.63. The second-order valence-corrected chi connectivity index (χ2v) is 4.41. The van der Waals surface area contributed by atoms with Crippen LogP contribution < -0.4 is 5.32 Å². The molecule has 0 amide bonds. The summed E-state index contributed by atoms with van der Waals surface area (Å²) in [6, 6.07) is 2.06. The molecule has 0 radical (unpaired) electrons. The van der Waals surface area contributed by atoms with Gasteiger partial charge in [-0.05, 0) is 44.9 Å². The zero-order valence-corrected chi connectivity index (χ0v) is 8.89. The molecule has 13 heavy (non-hydrogen) atoms.